The number of aromatic hydroxyl groups is 1. The van der Waals surface area contributed by atoms with Crippen LogP contribution in [-0.2, 0) is 16.1 Å². The number of amides is 2. The van der Waals surface area contributed by atoms with Gasteiger partial charge in [-0.2, -0.15) is 0 Å². The largest absolute Gasteiger partial charge is 0.508 e. The average molecular weight is 400 g/mol. The second kappa shape index (κ2) is 8.74. The minimum absolute atomic E-state index is 0.0862. The van der Waals surface area contributed by atoms with Crippen molar-refractivity contribution in [2.24, 2.45) is 11.8 Å². The van der Waals surface area contributed by atoms with Crippen LogP contribution >= 0.6 is 0 Å². The monoisotopic (exact) mass is 399 g/mol. The molecule has 0 unspecified atom stereocenters. The maximum Gasteiger partial charge on any atom is 0.223 e. The van der Waals surface area contributed by atoms with Crippen LogP contribution in [0.3, 0.4) is 0 Å². The molecule has 3 heterocycles. The number of piperidine rings is 3. The zero-order valence-electron chi connectivity index (χ0n) is 17.3. The number of phenolic OH excluding ortho intramolecular Hbond substituents is 1. The molecular weight excluding hydrogens is 366 g/mol. The predicted molar refractivity (Wildman–Crippen MR) is 111 cm³/mol. The minimum atomic E-state index is 0.0862. The maximum absolute atomic E-state index is 12.8. The fraction of sp³-hybridized carbons (Fsp3) is 0.652. The molecule has 3 saturated heterocycles. The Bertz CT molecular complexity index is 753. The molecule has 6 heteroatoms. The van der Waals surface area contributed by atoms with Gasteiger partial charge < -0.3 is 15.3 Å². The molecule has 0 radical (unpaired) electrons. The van der Waals surface area contributed by atoms with E-state index in [1.807, 2.05) is 19.1 Å². The van der Waals surface area contributed by atoms with Gasteiger partial charge in [0.25, 0.3) is 0 Å². The molecule has 29 heavy (non-hydrogen) atoms. The molecule has 2 N–H and O–H groups in total. The molecule has 1 aromatic carbocycles. The number of fused-ring (bicyclic) bond motifs is 4. The standard InChI is InChI=1S/C23H33N3O3/c1-2-5-22(28)24-12-21-18-11-17(20-8-4-9-23(29)26(20)21)14-25(15-18)13-16-6-3-7-19(27)10-16/h3,6-7,10,17-18,20-21,27H,2,4-5,8-9,11-15H2,1H3,(H,24,28)/t17-,18+,20+,21+/m1/s1. The van der Waals surface area contributed by atoms with Crippen LogP contribution in [0.25, 0.3) is 0 Å². The van der Waals surface area contributed by atoms with Gasteiger partial charge in [-0.15, -0.1) is 0 Å². The first-order valence-electron chi connectivity index (χ1n) is 11.1. The van der Waals surface area contributed by atoms with E-state index in [2.05, 4.69) is 21.2 Å². The zero-order chi connectivity index (χ0) is 20.4. The number of rotatable bonds is 6. The number of carbonyl (C=O) groups is 2. The quantitative estimate of drug-likeness (QED) is 0.771. The summed E-state index contributed by atoms with van der Waals surface area (Å²) in [6.07, 6.45) is 5.21. The number of hydrogen-bond donors (Lipinski definition) is 2. The van der Waals surface area contributed by atoms with Crippen LogP contribution in [0.5, 0.6) is 5.75 Å². The lowest BCUT2D eigenvalue weighted by Gasteiger charge is -2.56. The third kappa shape index (κ3) is 4.42. The van der Waals surface area contributed by atoms with Gasteiger partial charge >= 0.3 is 0 Å². The van der Waals surface area contributed by atoms with Gasteiger partial charge in [-0.1, -0.05) is 19.1 Å². The van der Waals surface area contributed by atoms with Gasteiger partial charge in [-0.05, 0) is 55.2 Å². The van der Waals surface area contributed by atoms with E-state index in [1.54, 1.807) is 6.07 Å². The van der Waals surface area contributed by atoms with Crippen LogP contribution in [0.4, 0.5) is 0 Å². The maximum atomic E-state index is 12.8. The SMILES string of the molecule is CCCC(=O)NC[C@H]1[C@H]2C[C@H](CN(Cc3cccc(O)c3)C2)[C@@H]2CCCC(=O)N21. The summed E-state index contributed by atoms with van der Waals surface area (Å²) in [4.78, 5) is 29.5. The molecule has 3 aliphatic rings. The highest BCUT2D eigenvalue weighted by Crippen LogP contribution is 2.41. The Balaban J connectivity index is 1.51. The lowest BCUT2D eigenvalue weighted by atomic mass is 9.72. The first kappa shape index (κ1) is 20.2. The molecule has 0 saturated carbocycles. The Labute approximate surface area is 173 Å². The van der Waals surface area contributed by atoms with Crippen molar-refractivity contribution in [3.8, 4) is 5.75 Å². The van der Waals surface area contributed by atoms with Gasteiger partial charge in [0.1, 0.15) is 5.75 Å². The van der Waals surface area contributed by atoms with Crippen LogP contribution in [0.1, 0.15) is 51.0 Å². The molecule has 4 rings (SSSR count). The van der Waals surface area contributed by atoms with Crippen molar-refractivity contribution in [2.45, 2.75) is 64.1 Å². The fourth-order valence-electron chi connectivity index (χ4n) is 5.71. The molecule has 6 nitrogen and oxygen atoms in total. The summed E-state index contributed by atoms with van der Waals surface area (Å²) >= 11 is 0. The summed E-state index contributed by atoms with van der Waals surface area (Å²) in [5, 5.41) is 12.9. The Morgan fingerprint density at radius 1 is 1.28 bits per heavy atom. The molecule has 3 aliphatic heterocycles. The number of nitrogens with zero attached hydrogens (tertiary/aromatic N) is 2. The van der Waals surface area contributed by atoms with E-state index in [4.69, 9.17) is 0 Å². The zero-order valence-corrected chi connectivity index (χ0v) is 17.3. The molecule has 0 aromatic heterocycles. The van der Waals surface area contributed by atoms with Crippen LogP contribution in [0.15, 0.2) is 24.3 Å². The summed E-state index contributed by atoms with van der Waals surface area (Å²) in [5.74, 6) is 1.54. The van der Waals surface area contributed by atoms with Crippen LogP contribution < -0.4 is 5.32 Å². The van der Waals surface area contributed by atoms with Gasteiger partial charge in [-0.3, -0.25) is 14.5 Å². The van der Waals surface area contributed by atoms with E-state index in [9.17, 15) is 14.7 Å². The Kier molecular flexibility index (Phi) is 6.09. The topological polar surface area (TPSA) is 72.9 Å². The second-order valence-corrected chi connectivity index (χ2v) is 9.00. The number of carbonyl (C=O) groups excluding carboxylic acids is 2. The minimum Gasteiger partial charge on any atom is -0.508 e. The van der Waals surface area contributed by atoms with Crippen LogP contribution in [0.2, 0.25) is 0 Å². The van der Waals surface area contributed by atoms with E-state index in [-0.39, 0.29) is 17.9 Å². The second-order valence-electron chi connectivity index (χ2n) is 9.00. The van der Waals surface area contributed by atoms with Crippen molar-refractivity contribution in [1.29, 1.82) is 0 Å². The van der Waals surface area contributed by atoms with Crippen molar-refractivity contribution >= 4 is 11.8 Å². The Morgan fingerprint density at radius 2 is 2.10 bits per heavy atom. The summed E-state index contributed by atoms with van der Waals surface area (Å²) in [6.45, 7) is 5.32. The molecule has 3 fully saturated rings. The van der Waals surface area contributed by atoms with Gasteiger partial charge in [0, 0.05) is 45.1 Å². The lowest BCUT2D eigenvalue weighted by Crippen LogP contribution is -2.67. The van der Waals surface area contributed by atoms with Crippen molar-refractivity contribution in [3.63, 3.8) is 0 Å². The molecular formula is C23H33N3O3. The smallest absolute Gasteiger partial charge is 0.223 e. The number of likely N-dealkylation sites (tertiary alicyclic amines) is 1. The lowest BCUT2D eigenvalue weighted by molar-refractivity contribution is -0.153. The Hall–Kier alpha value is -2.08. The van der Waals surface area contributed by atoms with Gasteiger partial charge in [0.05, 0.1) is 6.04 Å². The van der Waals surface area contributed by atoms with E-state index < -0.39 is 0 Å². The van der Waals surface area contributed by atoms with E-state index in [1.165, 1.54) is 0 Å². The molecule has 158 valence electrons. The Morgan fingerprint density at radius 3 is 2.90 bits per heavy atom. The van der Waals surface area contributed by atoms with Crippen LogP contribution in [-0.4, -0.2) is 58.4 Å². The first-order valence-corrected chi connectivity index (χ1v) is 11.1. The van der Waals surface area contributed by atoms with Crippen molar-refractivity contribution < 1.29 is 14.7 Å². The number of benzene rings is 1. The predicted octanol–water partition coefficient (Wildman–Crippen LogP) is 2.51. The molecule has 2 amide bonds. The van der Waals surface area contributed by atoms with Gasteiger partial charge in [0.2, 0.25) is 11.8 Å². The van der Waals surface area contributed by atoms with E-state index >= 15 is 0 Å². The van der Waals surface area contributed by atoms with Crippen molar-refractivity contribution in [3.05, 3.63) is 29.8 Å². The van der Waals surface area contributed by atoms with E-state index in [0.29, 0.717) is 43.0 Å². The highest BCUT2D eigenvalue weighted by atomic mass is 16.3. The number of hydrogen-bond acceptors (Lipinski definition) is 4. The fourth-order valence-corrected chi connectivity index (χ4v) is 5.71. The molecule has 0 spiro atoms. The average Bonchev–Trinajstić information content (AvgIpc) is 2.68. The summed E-state index contributed by atoms with van der Waals surface area (Å²) < 4.78 is 0. The van der Waals surface area contributed by atoms with Crippen LogP contribution in [0, 0.1) is 11.8 Å². The highest BCUT2D eigenvalue weighted by Gasteiger charge is 2.49. The highest BCUT2D eigenvalue weighted by molar-refractivity contribution is 5.78. The number of phenols is 1. The third-order valence-corrected chi connectivity index (χ3v) is 6.87. The molecule has 2 bridgehead atoms. The first-order chi connectivity index (χ1) is 14.0. The van der Waals surface area contributed by atoms with E-state index in [0.717, 1.165) is 50.9 Å². The summed E-state index contributed by atoms with van der Waals surface area (Å²) in [7, 11) is 0. The van der Waals surface area contributed by atoms with Gasteiger partial charge in [0.15, 0.2) is 0 Å². The van der Waals surface area contributed by atoms with Gasteiger partial charge in [-0.25, -0.2) is 0 Å². The van der Waals surface area contributed by atoms with Crippen molar-refractivity contribution in [1.82, 2.24) is 15.1 Å². The number of nitrogens with one attached hydrogen (secondary N) is 1. The summed E-state index contributed by atoms with van der Waals surface area (Å²) in [6, 6.07) is 7.88. The third-order valence-electron chi connectivity index (χ3n) is 6.87. The normalized spacial score (nSPS) is 29.4. The molecule has 0 aliphatic carbocycles. The molecule has 4 atom stereocenters. The molecule has 1 aromatic rings. The summed E-state index contributed by atoms with van der Waals surface area (Å²) in [5.41, 5.74) is 1.12. The van der Waals surface area contributed by atoms with Crippen molar-refractivity contribution in [2.75, 3.05) is 19.6 Å².